The molecule has 0 aliphatic carbocycles. The molecule has 0 N–H and O–H groups in total. The molecule has 296 valence electrons. The van der Waals surface area contributed by atoms with Gasteiger partial charge in [-0.2, -0.15) is 0 Å². The topological polar surface area (TPSA) is 18.1 Å². The Morgan fingerprint density at radius 1 is 0.286 bits per heavy atom. The minimum atomic E-state index is -3.92. The van der Waals surface area contributed by atoms with Crippen LogP contribution in [0.5, 0.6) is 0 Å². The fourth-order valence-electron chi connectivity index (χ4n) is 10.1. The van der Waals surface area contributed by atoms with Gasteiger partial charge in [-0.3, -0.25) is 0 Å². The number of benzene rings is 10. The van der Waals surface area contributed by atoms with Crippen LogP contribution < -0.4 is 17.6 Å². The molecule has 0 fully saturated rings. The van der Waals surface area contributed by atoms with Gasteiger partial charge in [0, 0.05) is 0 Å². The van der Waals surface area contributed by atoms with E-state index in [1.807, 2.05) is 6.07 Å². The van der Waals surface area contributed by atoms with Crippen molar-refractivity contribution in [2.75, 3.05) is 0 Å². The SMILES string of the molecule is c1ccc(-c2ccc[c]([Ge]([c]3ccccc3)([c]3ccccc3)[c]3cc(-c4ccccc4)c(-n4c5ccccc5c5cc6c(cc54)oc4ccccc46)c(-c4ccccc4)c3)c2)cc1. The number of nitrogens with zero attached hydrogens (tertiary/aromatic N) is 1. The molecule has 12 rings (SSSR count). The van der Waals surface area contributed by atoms with Gasteiger partial charge >= 0.3 is 371 Å². The standard InChI is InChI=1S/C60H41GeNO/c1-6-21-42(22-7-1)45-27-20-32-48(37-45)61(46-28-12-4-13-29-46,47-30-14-5-15-31-47)49-38-52(43-23-8-2-9-24-43)60(53(39-49)44-25-10-3-11-26-44)62-56-35-18-16-33-50(56)54-40-55-51-34-17-19-36-58(51)63-59(55)41-57(54)62/h1-41H. The van der Waals surface area contributed by atoms with Gasteiger partial charge in [0.2, 0.25) is 0 Å². The van der Waals surface area contributed by atoms with Crippen LogP contribution in [0.2, 0.25) is 0 Å². The van der Waals surface area contributed by atoms with Crippen LogP contribution >= 0.6 is 0 Å². The van der Waals surface area contributed by atoms with E-state index in [4.69, 9.17) is 4.42 Å². The number of hydrogen-bond donors (Lipinski definition) is 0. The Hall–Kier alpha value is -7.66. The first-order valence-electron chi connectivity index (χ1n) is 21.7. The quantitative estimate of drug-likeness (QED) is 0.139. The normalized spacial score (nSPS) is 11.8. The number of aromatic nitrogens is 1. The summed E-state index contributed by atoms with van der Waals surface area (Å²) < 4.78 is 14.6. The molecule has 0 aliphatic rings. The Bertz CT molecular complexity index is 3490. The van der Waals surface area contributed by atoms with Crippen LogP contribution in [0.1, 0.15) is 0 Å². The molecular formula is C60H41GeNO. The first-order valence-corrected chi connectivity index (χ1v) is 25.9. The van der Waals surface area contributed by atoms with Crippen molar-refractivity contribution >= 4 is 74.6 Å². The fraction of sp³-hybridized carbons (Fsp3) is 0. The molecule has 0 saturated heterocycles. The van der Waals surface area contributed by atoms with Gasteiger partial charge < -0.3 is 0 Å². The van der Waals surface area contributed by atoms with Crippen LogP contribution in [0.25, 0.3) is 82.8 Å². The van der Waals surface area contributed by atoms with Crippen LogP contribution in [0.4, 0.5) is 0 Å². The monoisotopic (exact) mass is 865 g/mol. The zero-order valence-corrected chi connectivity index (χ0v) is 36.6. The molecule has 10 aromatic carbocycles. The molecule has 0 amide bonds. The number of hydrogen-bond acceptors (Lipinski definition) is 1. The summed E-state index contributed by atoms with van der Waals surface area (Å²) >= 11 is -3.92. The minimum absolute atomic E-state index is 0.882. The van der Waals surface area contributed by atoms with Gasteiger partial charge in [-0.05, 0) is 0 Å². The van der Waals surface area contributed by atoms with Gasteiger partial charge in [0.05, 0.1) is 0 Å². The molecule has 0 atom stereocenters. The number of fused-ring (bicyclic) bond motifs is 6. The van der Waals surface area contributed by atoms with E-state index in [0.29, 0.717) is 0 Å². The van der Waals surface area contributed by atoms with Gasteiger partial charge in [0.1, 0.15) is 0 Å². The molecule has 3 heteroatoms. The van der Waals surface area contributed by atoms with E-state index in [0.717, 1.165) is 49.8 Å². The van der Waals surface area contributed by atoms with Crippen LogP contribution in [-0.4, -0.2) is 17.8 Å². The molecule has 2 heterocycles. The molecule has 0 saturated carbocycles. The van der Waals surface area contributed by atoms with Crippen LogP contribution in [-0.2, 0) is 0 Å². The summed E-state index contributed by atoms with van der Waals surface area (Å²) in [6.07, 6.45) is 0. The van der Waals surface area contributed by atoms with Crippen molar-refractivity contribution in [2.24, 2.45) is 0 Å². The maximum atomic E-state index is 6.62. The second-order valence-electron chi connectivity index (χ2n) is 16.4. The van der Waals surface area contributed by atoms with Crippen LogP contribution in [0.15, 0.2) is 253 Å². The predicted octanol–water partition coefficient (Wildman–Crippen LogP) is 13.1. The first-order chi connectivity index (χ1) is 31.3. The molecular weight excluding hydrogens is 823 g/mol. The van der Waals surface area contributed by atoms with Crippen molar-refractivity contribution < 1.29 is 4.42 Å². The third-order valence-corrected chi connectivity index (χ3v) is 22.8. The van der Waals surface area contributed by atoms with Gasteiger partial charge in [-0.1, -0.05) is 0 Å². The molecule has 2 nitrogen and oxygen atoms in total. The predicted molar refractivity (Wildman–Crippen MR) is 268 cm³/mol. The van der Waals surface area contributed by atoms with E-state index >= 15 is 0 Å². The second-order valence-corrected chi connectivity index (χ2v) is 24.4. The summed E-state index contributed by atoms with van der Waals surface area (Å²) in [4.78, 5) is 0. The molecule has 2 aromatic heterocycles. The molecule has 0 bridgehead atoms. The summed E-state index contributed by atoms with van der Waals surface area (Å²) in [7, 11) is 0. The number of para-hydroxylation sites is 2. The molecule has 63 heavy (non-hydrogen) atoms. The average molecular weight is 865 g/mol. The van der Waals surface area contributed by atoms with Crippen molar-refractivity contribution in [1.82, 2.24) is 4.57 Å². The van der Waals surface area contributed by atoms with Gasteiger partial charge in [0.25, 0.3) is 0 Å². The summed E-state index contributed by atoms with van der Waals surface area (Å²) in [6, 6.07) is 92.0. The molecule has 0 unspecified atom stereocenters. The molecule has 0 aliphatic heterocycles. The fourth-order valence-corrected chi connectivity index (χ4v) is 20.3. The van der Waals surface area contributed by atoms with E-state index in [1.54, 1.807) is 0 Å². The third kappa shape index (κ3) is 6.09. The van der Waals surface area contributed by atoms with Crippen molar-refractivity contribution in [3.05, 3.63) is 249 Å². The average Bonchev–Trinajstić information content (AvgIpc) is 3.89. The molecule has 12 aromatic rings. The first kappa shape index (κ1) is 37.1. The zero-order chi connectivity index (χ0) is 41.7. The summed E-state index contributed by atoms with van der Waals surface area (Å²) in [5.74, 6) is 0. The van der Waals surface area contributed by atoms with Gasteiger partial charge in [-0.15, -0.1) is 0 Å². The Kier molecular flexibility index (Phi) is 9.05. The Balaban J connectivity index is 1.26. The van der Waals surface area contributed by atoms with E-state index in [9.17, 15) is 0 Å². The molecule has 0 radical (unpaired) electrons. The Morgan fingerprint density at radius 2 is 0.778 bits per heavy atom. The zero-order valence-electron chi connectivity index (χ0n) is 34.5. The van der Waals surface area contributed by atoms with Crippen LogP contribution in [0, 0.1) is 0 Å². The van der Waals surface area contributed by atoms with Crippen molar-refractivity contribution in [3.8, 4) is 39.1 Å². The summed E-state index contributed by atoms with van der Waals surface area (Å²) in [6.45, 7) is 0. The van der Waals surface area contributed by atoms with Crippen molar-refractivity contribution in [1.29, 1.82) is 0 Å². The second kappa shape index (κ2) is 15.4. The Labute approximate surface area is 369 Å². The third-order valence-electron chi connectivity index (χ3n) is 12.9. The Morgan fingerprint density at radius 3 is 1.40 bits per heavy atom. The van der Waals surface area contributed by atoms with Gasteiger partial charge in [0.15, 0.2) is 0 Å². The van der Waals surface area contributed by atoms with E-state index < -0.39 is 13.3 Å². The summed E-state index contributed by atoms with van der Waals surface area (Å²) in [5, 5.41) is 4.67. The van der Waals surface area contributed by atoms with E-state index in [2.05, 4.69) is 247 Å². The van der Waals surface area contributed by atoms with E-state index in [1.165, 1.54) is 50.6 Å². The summed E-state index contributed by atoms with van der Waals surface area (Å²) in [5.41, 5.74) is 12.3. The van der Waals surface area contributed by atoms with Gasteiger partial charge in [-0.25, -0.2) is 0 Å². The van der Waals surface area contributed by atoms with Crippen LogP contribution in [0.3, 0.4) is 0 Å². The maximum absolute atomic E-state index is 6.62. The molecule has 0 spiro atoms. The van der Waals surface area contributed by atoms with Crippen molar-refractivity contribution in [3.63, 3.8) is 0 Å². The number of rotatable bonds is 8. The number of furan rings is 1. The van der Waals surface area contributed by atoms with Crippen molar-refractivity contribution in [2.45, 2.75) is 0 Å². The van der Waals surface area contributed by atoms with E-state index in [-0.39, 0.29) is 0 Å².